The van der Waals surface area contributed by atoms with Crippen LogP contribution in [0.15, 0.2) is 24.3 Å². The second-order valence-corrected chi connectivity index (χ2v) is 5.74. The standard InChI is InChI=1S/C17H25N3O4/c1-3-12(11-21)18-17(23)19-13-9-16(22)20(10-13)14-5-7-15(8-6-14)24-4-2/h5-8,12-13,21H,3-4,9-11H2,1-2H3,(H2,18,19,23)/t12-,13+/m1/s1. The molecular formula is C17H25N3O4. The van der Waals surface area contributed by atoms with E-state index in [1.165, 1.54) is 0 Å². The first-order valence-electron chi connectivity index (χ1n) is 8.28. The first kappa shape index (κ1) is 18.1. The van der Waals surface area contributed by atoms with Crippen LogP contribution in [0.3, 0.4) is 0 Å². The van der Waals surface area contributed by atoms with E-state index >= 15 is 0 Å². The lowest BCUT2D eigenvalue weighted by Gasteiger charge is -2.19. The van der Waals surface area contributed by atoms with Crippen LogP contribution in [0.4, 0.5) is 10.5 Å². The fourth-order valence-corrected chi connectivity index (χ4v) is 2.63. The highest BCUT2D eigenvalue weighted by atomic mass is 16.5. The minimum atomic E-state index is -0.359. The lowest BCUT2D eigenvalue weighted by atomic mass is 10.2. The first-order valence-corrected chi connectivity index (χ1v) is 8.28. The van der Waals surface area contributed by atoms with Crippen LogP contribution in [0.1, 0.15) is 26.7 Å². The number of amides is 3. The highest BCUT2D eigenvalue weighted by molar-refractivity contribution is 5.96. The number of ether oxygens (including phenoxy) is 1. The molecular weight excluding hydrogens is 310 g/mol. The van der Waals surface area contributed by atoms with Crippen LogP contribution in [0.5, 0.6) is 5.75 Å². The van der Waals surface area contributed by atoms with E-state index < -0.39 is 0 Å². The molecule has 0 saturated carbocycles. The Morgan fingerprint density at radius 1 is 1.38 bits per heavy atom. The molecule has 7 heteroatoms. The van der Waals surface area contributed by atoms with Crippen molar-refractivity contribution in [2.24, 2.45) is 0 Å². The Hall–Kier alpha value is -2.28. The van der Waals surface area contributed by atoms with E-state index in [9.17, 15) is 9.59 Å². The van der Waals surface area contributed by atoms with Gasteiger partial charge in [-0.05, 0) is 37.6 Å². The van der Waals surface area contributed by atoms with Gasteiger partial charge >= 0.3 is 6.03 Å². The maximum atomic E-state index is 12.2. The summed E-state index contributed by atoms with van der Waals surface area (Å²) in [6.45, 7) is 4.71. The molecule has 1 heterocycles. The monoisotopic (exact) mass is 335 g/mol. The summed E-state index contributed by atoms with van der Waals surface area (Å²) in [5, 5.41) is 14.6. The van der Waals surface area contributed by atoms with Gasteiger partial charge in [-0.1, -0.05) is 6.92 Å². The van der Waals surface area contributed by atoms with Crippen LogP contribution >= 0.6 is 0 Å². The number of hydrogen-bond acceptors (Lipinski definition) is 4. The molecule has 3 N–H and O–H groups in total. The molecule has 2 rings (SSSR count). The van der Waals surface area contributed by atoms with Gasteiger partial charge < -0.3 is 25.4 Å². The number of urea groups is 1. The topological polar surface area (TPSA) is 90.9 Å². The van der Waals surface area contributed by atoms with Gasteiger partial charge in [-0.25, -0.2) is 4.79 Å². The molecule has 3 amide bonds. The fraction of sp³-hybridized carbons (Fsp3) is 0.529. The van der Waals surface area contributed by atoms with Crippen molar-refractivity contribution in [3.05, 3.63) is 24.3 Å². The molecule has 1 aromatic rings. The normalized spacial score (nSPS) is 18.4. The number of aliphatic hydroxyl groups excluding tert-OH is 1. The third-order valence-corrected chi connectivity index (χ3v) is 3.97. The van der Waals surface area contributed by atoms with E-state index in [1.54, 1.807) is 4.90 Å². The quantitative estimate of drug-likeness (QED) is 0.700. The van der Waals surface area contributed by atoms with Gasteiger partial charge in [0.1, 0.15) is 5.75 Å². The number of rotatable bonds is 7. The molecule has 0 aliphatic carbocycles. The highest BCUT2D eigenvalue weighted by Gasteiger charge is 2.31. The van der Waals surface area contributed by atoms with Crippen LogP contribution < -0.4 is 20.3 Å². The maximum Gasteiger partial charge on any atom is 0.315 e. The lowest BCUT2D eigenvalue weighted by Crippen LogP contribution is -2.48. The largest absolute Gasteiger partial charge is 0.494 e. The van der Waals surface area contributed by atoms with E-state index in [1.807, 2.05) is 38.1 Å². The van der Waals surface area contributed by atoms with E-state index in [0.29, 0.717) is 19.6 Å². The van der Waals surface area contributed by atoms with Crippen LogP contribution in [0.25, 0.3) is 0 Å². The van der Waals surface area contributed by atoms with Crippen molar-refractivity contribution in [1.29, 1.82) is 0 Å². The van der Waals surface area contributed by atoms with Gasteiger partial charge in [-0.3, -0.25) is 4.79 Å². The Kier molecular flexibility index (Phi) is 6.43. The molecule has 0 spiro atoms. The van der Waals surface area contributed by atoms with Crippen molar-refractivity contribution < 1.29 is 19.4 Å². The molecule has 7 nitrogen and oxygen atoms in total. The molecule has 24 heavy (non-hydrogen) atoms. The van der Waals surface area contributed by atoms with Gasteiger partial charge in [-0.15, -0.1) is 0 Å². The second-order valence-electron chi connectivity index (χ2n) is 5.74. The van der Waals surface area contributed by atoms with Gasteiger partial charge in [0.05, 0.1) is 25.3 Å². The van der Waals surface area contributed by atoms with Crippen LogP contribution in [0.2, 0.25) is 0 Å². The van der Waals surface area contributed by atoms with Crippen LogP contribution in [-0.2, 0) is 4.79 Å². The Bertz CT molecular complexity index is 557. The predicted molar refractivity (Wildman–Crippen MR) is 91.2 cm³/mol. The fourth-order valence-electron chi connectivity index (χ4n) is 2.63. The van der Waals surface area contributed by atoms with Gasteiger partial charge in [-0.2, -0.15) is 0 Å². The smallest absolute Gasteiger partial charge is 0.315 e. The van der Waals surface area contributed by atoms with E-state index in [2.05, 4.69) is 10.6 Å². The van der Waals surface area contributed by atoms with Crippen molar-refractivity contribution in [2.45, 2.75) is 38.8 Å². The first-order chi connectivity index (χ1) is 11.6. The summed E-state index contributed by atoms with van der Waals surface area (Å²) in [7, 11) is 0. The van der Waals surface area contributed by atoms with Crippen LogP contribution in [0, 0.1) is 0 Å². The molecule has 2 atom stereocenters. The maximum absolute atomic E-state index is 12.2. The summed E-state index contributed by atoms with van der Waals surface area (Å²) in [6.07, 6.45) is 0.905. The van der Waals surface area contributed by atoms with Crippen molar-refractivity contribution in [2.75, 3.05) is 24.7 Å². The Morgan fingerprint density at radius 3 is 2.67 bits per heavy atom. The van der Waals surface area contributed by atoms with Crippen molar-refractivity contribution >= 4 is 17.6 Å². The lowest BCUT2D eigenvalue weighted by molar-refractivity contribution is -0.117. The summed E-state index contributed by atoms with van der Waals surface area (Å²) in [5.74, 6) is 0.732. The van der Waals surface area contributed by atoms with Crippen molar-refractivity contribution in [3.63, 3.8) is 0 Å². The van der Waals surface area contributed by atoms with Crippen LogP contribution in [-0.4, -0.2) is 48.9 Å². The SMILES string of the molecule is CCOc1ccc(N2C[C@@H](NC(=O)N[C@H](CC)CO)CC2=O)cc1. The molecule has 132 valence electrons. The van der Waals surface area contributed by atoms with Gasteiger partial charge in [0.2, 0.25) is 5.91 Å². The predicted octanol–water partition coefficient (Wildman–Crippen LogP) is 1.26. The molecule has 0 aromatic heterocycles. The number of aliphatic hydroxyl groups is 1. The summed E-state index contributed by atoms with van der Waals surface area (Å²) in [6, 6.07) is 6.44. The number of benzene rings is 1. The molecule has 1 saturated heterocycles. The summed E-state index contributed by atoms with van der Waals surface area (Å²) in [4.78, 5) is 25.8. The van der Waals surface area contributed by atoms with Gasteiger partial charge in [0.15, 0.2) is 0 Å². The highest BCUT2D eigenvalue weighted by Crippen LogP contribution is 2.24. The molecule has 0 unspecified atom stereocenters. The molecule has 1 aliphatic rings. The Balaban J connectivity index is 1.91. The Labute approximate surface area is 142 Å². The minimum absolute atomic E-state index is 0.0290. The molecule has 1 aromatic carbocycles. The van der Waals surface area contributed by atoms with E-state index in [-0.39, 0.29) is 37.0 Å². The van der Waals surface area contributed by atoms with Gasteiger partial charge in [0, 0.05) is 18.7 Å². The Morgan fingerprint density at radius 2 is 2.08 bits per heavy atom. The number of nitrogens with one attached hydrogen (secondary N) is 2. The second kappa shape index (κ2) is 8.54. The van der Waals surface area contributed by atoms with E-state index in [4.69, 9.17) is 9.84 Å². The molecule has 0 radical (unpaired) electrons. The van der Waals surface area contributed by atoms with Crippen molar-refractivity contribution in [3.8, 4) is 5.75 Å². The van der Waals surface area contributed by atoms with E-state index in [0.717, 1.165) is 11.4 Å². The summed E-state index contributed by atoms with van der Waals surface area (Å²) in [5.41, 5.74) is 0.787. The molecule has 1 fully saturated rings. The minimum Gasteiger partial charge on any atom is -0.494 e. The average Bonchev–Trinajstić information content (AvgIpc) is 2.94. The van der Waals surface area contributed by atoms with Gasteiger partial charge in [0.25, 0.3) is 0 Å². The molecule has 1 aliphatic heterocycles. The number of nitrogens with zero attached hydrogens (tertiary/aromatic N) is 1. The third kappa shape index (κ3) is 4.61. The summed E-state index contributed by atoms with van der Waals surface area (Å²) < 4.78 is 5.39. The average molecular weight is 335 g/mol. The number of carbonyl (C=O) groups is 2. The third-order valence-electron chi connectivity index (χ3n) is 3.97. The number of carbonyl (C=O) groups excluding carboxylic acids is 2. The zero-order valence-electron chi connectivity index (χ0n) is 14.1. The molecule has 0 bridgehead atoms. The zero-order valence-corrected chi connectivity index (χ0v) is 14.1. The summed E-state index contributed by atoms with van der Waals surface area (Å²) >= 11 is 0. The van der Waals surface area contributed by atoms with Crippen molar-refractivity contribution in [1.82, 2.24) is 10.6 Å². The number of hydrogen-bond donors (Lipinski definition) is 3. The zero-order chi connectivity index (χ0) is 17.5. The number of anilines is 1.